The highest BCUT2D eigenvalue weighted by Gasteiger charge is 2.43. The Labute approximate surface area is 111 Å². The summed E-state index contributed by atoms with van der Waals surface area (Å²) in [5, 5.41) is 3.44. The molecular weight excluding hydrogens is 220 g/mol. The van der Waals surface area contributed by atoms with Crippen LogP contribution in [0.5, 0.6) is 0 Å². The van der Waals surface area contributed by atoms with Crippen molar-refractivity contribution in [1.82, 2.24) is 5.32 Å². The third kappa shape index (κ3) is 2.45. The molecular formula is C16H26N2. The van der Waals surface area contributed by atoms with Gasteiger partial charge in [0, 0.05) is 6.04 Å². The van der Waals surface area contributed by atoms with Crippen LogP contribution in [0, 0.1) is 5.41 Å². The van der Waals surface area contributed by atoms with Crippen molar-refractivity contribution in [3.63, 3.8) is 0 Å². The molecule has 2 heteroatoms. The summed E-state index contributed by atoms with van der Waals surface area (Å²) in [6.07, 6.45) is 10.2. The Bertz CT molecular complexity index is 395. The molecule has 1 fully saturated rings. The topological polar surface area (TPSA) is 38.0 Å². The number of hydrogen-bond donors (Lipinski definition) is 2. The van der Waals surface area contributed by atoms with Crippen molar-refractivity contribution in [2.24, 2.45) is 11.1 Å². The zero-order valence-electron chi connectivity index (χ0n) is 11.9. The van der Waals surface area contributed by atoms with E-state index < -0.39 is 0 Å². The maximum Gasteiger partial charge on any atom is 0.0355 e. The Hall–Kier alpha value is -0.860. The number of nitrogens with two attached hydrogens (primary N) is 1. The van der Waals surface area contributed by atoms with Crippen LogP contribution in [-0.2, 0) is 0 Å². The smallest absolute Gasteiger partial charge is 0.0355 e. The van der Waals surface area contributed by atoms with Gasteiger partial charge in [-0.3, -0.25) is 0 Å². The first-order valence-corrected chi connectivity index (χ1v) is 7.06. The summed E-state index contributed by atoms with van der Waals surface area (Å²) < 4.78 is 0. The minimum atomic E-state index is 0.223. The fourth-order valence-corrected chi connectivity index (χ4v) is 3.31. The average molecular weight is 246 g/mol. The minimum absolute atomic E-state index is 0.223. The third-order valence-corrected chi connectivity index (χ3v) is 4.69. The second kappa shape index (κ2) is 5.41. The highest BCUT2D eigenvalue weighted by molar-refractivity contribution is 5.40. The summed E-state index contributed by atoms with van der Waals surface area (Å²) in [5.74, 6) is 0. The molecule has 0 aromatic heterocycles. The molecule has 2 nitrogen and oxygen atoms in total. The molecule has 1 atom stereocenters. The summed E-state index contributed by atoms with van der Waals surface area (Å²) in [5.41, 5.74) is 11.0. The zero-order valence-corrected chi connectivity index (χ0v) is 11.9. The lowest BCUT2D eigenvalue weighted by Gasteiger charge is -2.38. The fraction of sp³-hybridized carbons (Fsp3) is 0.625. The van der Waals surface area contributed by atoms with E-state index in [-0.39, 0.29) is 6.04 Å². The van der Waals surface area contributed by atoms with E-state index in [4.69, 9.17) is 5.73 Å². The van der Waals surface area contributed by atoms with Gasteiger partial charge < -0.3 is 11.1 Å². The van der Waals surface area contributed by atoms with Crippen molar-refractivity contribution in [3.8, 4) is 0 Å². The molecule has 0 radical (unpaired) electrons. The van der Waals surface area contributed by atoms with Crippen molar-refractivity contribution in [3.05, 3.63) is 34.9 Å². The van der Waals surface area contributed by atoms with Gasteiger partial charge in [-0.1, -0.05) is 29.4 Å². The first-order valence-electron chi connectivity index (χ1n) is 7.06. The number of hydrogen-bond acceptors (Lipinski definition) is 2. The van der Waals surface area contributed by atoms with Gasteiger partial charge in [0.25, 0.3) is 0 Å². The van der Waals surface area contributed by atoms with Crippen molar-refractivity contribution >= 4 is 0 Å². The van der Waals surface area contributed by atoms with Gasteiger partial charge >= 0.3 is 0 Å². The van der Waals surface area contributed by atoms with Gasteiger partial charge in [0.15, 0.2) is 0 Å². The standard InChI is InChI=1S/C16H26N2/c1-4-12(2)5-6-14-13(3)11-16(15(14)17)7-9-18-10-8-16/h4-6,15,18H,7-11,17H2,1-3H3/b6-5-,12-4-. The van der Waals surface area contributed by atoms with E-state index in [0.29, 0.717) is 5.41 Å². The Morgan fingerprint density at radius 2 is 2.06 bits per heavy atom. The minimum Gasteiger partial charge on any atom is -0.323 e. The molecule has 100 valence electrons. The fourth-order valence-electron chi connectivity index (χ4n) is 3.31. The molecule has 1 heterocycles. The molecule has 1 aliphatic carbocycles. The molecule has 1 unspecified atom stereocenters. The highest BCUT2D eigenvalue weighted by Crippen LogP contribution is 2.47. The van der Waals surface area contributed by atoms with E-state index in [1.54, 1.807) is 0 Å². The van der Waals surface area contributed by atoms with Gasteiger partial charge in [-0.25, -0.2) is 0 Å². The van der Waals surface area contributed by atoms with Crippen LogP contribution < -0.4 is 11.1 Å². The zero-order chi connectivity index (χ0) is 13.2. The van der Waals surface area contributed by atoms with Gasteiger partial charge in [0.1, 0.15) is 0 Å². The van der Waals surface area contributed by atoms with Crippen molar-refractivity contribution in [2.45, 2.75) is 46.1 Å². The summed E-state index contributed by atoms with van der Waals surface area (Å²) >= 11 is 0. The molecule has 0 bridgehead atoms. The van der Waals surface area contributed by atoms with E-state index in [1.807, 2.05) is 0 Å². The number of rotatable bonds is 2. The maximum atomic E-state index is 6.55. The van der Waals surface area contributed by atoms with Crippen LogP contribution in [0.15, 0.2) is 34.9 Å². The third-order valence-electron chi connectivity index (χ3n) is 4.69. The summed E-state index contributed by atoms with van der Waals surface area (Å²) in [6, 6.07) is 0.223. The predicted molar refractivity (Wildman–Crippen MR) is 78.4 cm³/mol. The first-order chi connectivity index (χ1) is 8.59. The molecule has 1 saturated heterocycles. The molecule has 1 aliphatic heterocycles. The molecule has 18 heavy (non-hydrogen) atoms. The lowest BCUT2D eigenvalue weighted by atomic mass is 9.73. The molecule has 3 N–H and O–H groups in total. The molecule has 2 aliphatic rings. The Morgan fingerprint density at radius 1 is 1.39 bits per heavy atom. The normalized spacial score (nSPS) is 28.7. The monoisotopic (exact) mass is 246 g/mol. The number of piperidine rings is 1. The Morgan fingerprint density at radius 3 is 2.67 bits per heavy atom. The molecule has 0 aromatic rings. The Kier molecular flexibility index (Phi) is 4.08. The number of nitrogens with one attached hydrogen (secondary N) is 1. The second-order valence-electron chi connectivity index (χ2n) is 5.87. The van der Waals surface area contributed by atoms with Gasteiger partial charge in [0.05, 0.1) is 0 Å². The average Bonchev–Trinajstić information content (AvgIpc) is 2.60. The van der Waals surface area contributed by atoms with Gasteiger partial charge in [-0.05, 0) is 64.1 Å². The molecule has 2 rings (SSSR count). The molecule has 0 amide bonds. The van der Waals surface area contributed by atoms with Crippen molar-refractivity contribution < 1.29 is 0 Å². The van der Waals surface area contributed by atoms with E-state index in [9.17, 15) is 0 Å². The predicted octanol–water partition coefficient (Wildman–Crippen LogP) is 2.93. The van der Waals surface area contributed by atoms with Gasteiger partial charge in [-0.2, -0.15) is 0 Å². The first kappa shape index (κ1) is 13.6. The maximum absolute atomic E-state index is 6.55. The molecule has 0 aromatic carbocycles. The van der Waals surface area contributed by atoms with E-state index in [1.165, 1.54) is 36.0 Å². The SMILES string of the molecule is C/C=C(C)\C=C/C1=C(C)CC2(CCNCC2)C1N. The second-order valence-corrected chi connectivity index (χ2v) is 5.87. The lowest BCUT2D eigenvalue weighted by Crippen LogP contribution is -2.46. The van der Waals surface area contributed by atoms with Gasteiger partial charge in [0.2, 0.25) is 0 Å². The lowest BCUT2D eigenvalue weighted by molar-refractivity contribution is 0.189. The quantitative estimate of drug-likeness (QED) is 0.735. The molecule has 0 saturated carbocycles. The van der Waals surface area contributed by atoms with Crippen LogP contribution in [0.1, 0.15) is 40.0 Å². The van der Waals surface area contributed by atoms with Crippen LogP contribution in [0.4, 0.5) is 0 Å². The largest absolute Gasteiger partial charge is 0.323 e. The Balaban J connectivity index is 2.17. The summed E-state index contributed by atoms with van der Waals surface area (Å²) in [7, 11) is 0. The van der Waals surface area contributed by atoms with E-state index in [2.05, 4.69) is 44.3 Å². The summed E-state index contributed by atoms with van der Waals surface area (Å²) in [6.45, 7) is 8.69. The number of allylic oxidation sites excluding steroid dienone is 4. The van der Waals surface area contributed by atoms with E-state index >= 15 is 0 Å². The van der Waals surface area contributed by atoms with Crippen LogP contribution >= 0.6 is 0 Å². The molecule has 1 spiro atoms. The van der Waals surface area contributed by atoms with Crippen LogP contribution in [0.3, 0.4) is 0 Å². The van der Waals surface area contributed by atoms with Crippen molar-refractivity contribution in [2.75, 3.05) is 13.1 Å². The van der Waals surface area contributed by atoms with Crippen LogP contribution in [0.25, 0.3) is 0 Å². The summed E-state index contributed by atoms with van der Waals surface area (Å²) in [4.78, 5) is 0. The highest BCUT2D eigenvalue weighted by atomic mass is 14.9. The van der Waals surface area contributed by atoms with Crippen LogP contribution in [-0.4, -0.2) is 19.1 Å². The van der Waals surface area contributed by atoms with Crippen LogP contribution in [0.2, 0.25) is 0 Å². The van der Waals surface area contributed by atoms with Gasteiger partial charge in [-0.15, -0.1) is 0 Å². The van der Waals surface area contributed by atoms with E-state index in [0.717, 1.165) is 13.1 Å². The van der Waals surface area contributed by atoms with Crippen molar-refractivity contribution in [1.29, 1.82) is 0 Å².